The standard InChI is InChI=1S/C48H61N7O21S/c1-22-43(77-21-50-22)46(66)52-32-16-34(55(18-32)48-42(74-30(9)63)40(72-28(7)61)38(70-26(5)59)36(76-48)20-68-24(3)57)45(65)51-31-15-33(44(64)49-13-12-14-53(10)11)54(17-31)47-41(73-29(8)62)39(71-27(6)60)37(69-25(4)58)35(75-47)19-67-23(2)56/h15-18,21,35-42,47-48H,12-14,19-20H2,1-11H3,(H,49,64)(H,51,65)(H,52,66)/t35-,36-,37-,38-,39-,40-,41-,42-,47+,48+/m1/s1. The molecule has 2 saturated heterocycles. The van der Waals surface area contributed by atoms with Crippen LogP contribution in [0.5, 0.6) is 0 Å². The van der Waals surface area contributed by atoms with Crippen LogP contribution in [-0.4, -0.2) is 174 Å². The van der Waals surface area contributed by atoms with Gasteiger partial charge >= 0.3 is 47.8 Å². The van der Waals surface area contributed by atoms with E-state index < -0.39 is 140 Å². The first-order valence-electron chi connectivity index (χ1n) is 23.7. The monoisotopic (exact) mass is 1100 g/mol. The van der Waals surface area contributed by atoms with Crippen molar-refractivity contribution in [1.82, 2.24) is 24.3 Å². The van der Waals surface area contributed by atoms with Gasteiger partial charge in [0.2, 0.25) is 0 Å². The Hall–Kier alpha value is -7.76. The number of amides is 3. The number of nitrogens with one attached hydrogen (secondary N) is 3. The number of hydrogen-bond donors (Lipinski definition) is 3. The molecule has 3 aromatic heterocycles. The molecule has 420 valence electrons. The predicted molar refractivity (Wildman–Crippen MR) is 262 cm³/mol. The minimum Gasteiger partial charge on any atom is -0.463 e. The van der Waals surface area contributed by atoms with Crippen LogP contribution in [0.3, 0.4) is 0 Å². The van der Waals surface area contributed by atoms with Gasteiger partial charge in [0.05, 0.1) is 22.6 Å². The van der Waals surface area contributed by atoms with E-state index in [-0.39, 0.29) is 34.2 Å². The van der Waals surface area contributed by atoms with Crippen LogP contribution >= 0.6 is 11.3 Å². The number of aromatic nitrogens is 3. The van der Waals surface area contributed by atoms with E-state index in [0.717, 1.165) is 75.9 Å². The van der Waals surface area contributed by atoms with Crippen molar-refractivity contribution in [2.75, 3.05) is 51.0 Å². The van der Waals surface area contributed by atoms with Crippen molar-refractivity contribution in [1.29, 1.82) is 0 Å². The highest BCUT2D eigenvalue weighted by molar-refractivity contribution is 7.12. The molecule has 2 aliphatic heterocycles. The predicted octanol–water partition coefficient (Wildman–Crippen LogP) is 1.75. The third kappa shape index (κ3) is 16.4. The topological polar surface area (TPSA) is 342 Å². The van der Waals surface area contributed by atoms with Gasteiger partial charge in [0.15, 0.2) is 49.1 Å². The maximum Gasteiger partial charge on any atom is 0.303 e. The van der Waals surface area contributed by atoms with Gasteiger partial charge in [-0.1, -0.05) is 0 Å². The largest absolute Gasteiger partial charge is 0.463 e. The first kappa shape index (κ1) is 60.1. The second-order valence-corrected chi connectivity index (χ2v) is 18.7. The van der Waals surface area contributed by atoms with Crippen LogP contribution in [0.1, 0.15) is 111 Å². The number of thiazole rings is 1. The van der Waals surface area contributed by atoms with E-state index in [4.69, 9.17) is 47.4 Å². The lowest BCUT2D eigenvalue weighted by Gasteiger charge is -2.45. The molecular formula is C48H61N7O21S. The van der Waals surface area contributed by atoms with E-state index in [1.807, 2.05) is 19.0 Å². The lowest BCUT2D eigenvalue weighted by molar-refractivity contribution is -0.268. The lowest BCUT2D eigenvalue weighted by Crippen LogP contribution is -2.60. The number of ether oxygens (including phenoxy) is 10. The minimum absolute atomic E-state index is 0.0614. The number of anilines is 2. The maximum atomic E-state index is 15.0. The number of rotatable bonds is 21. The molecular weight excluding hydrogens is 1040 g/mol. The molecule has 0 aliphatic carbocycles. The summed E-state index contributed by atoms with van der Waals surface area (Å²) in [6.45, 7) is 9.43. The molecule has 0 aromatic carbocycles. The first-order valence-corrected chi connectivity index (χ1v) is 24.6. The summed E-state index contributed by atoms with van der Waals surface area (Å²) in [7, 11) is 3.66. The zero-order valence-corrected chi connectivity index (χ0v) is 44.8. The Morgan fingerprint density at radius 2 is 0.948 bits per heavy atom. The average Bonchev–Trinajstić information content (AvgIpc) is 4.06. The number of aryl methyl sites for hydroxylation is 1. The Balaban J connectivity index is 1.71. The summed E-state index contributed by atoms with van der Waals surface area (Å²) < 4.78 is 59.2. The quantitative estimate of drug-likeness (QED) is 0.0777. The van der Waals surface area contributed by atoms with Crippen LogP contribution in [0, 0.1) is 6.92 Å². The van der Waals surface area contributed by atoms with E-state index in [0.29, 0.717) is 18.7 Å². The number of esters is 8. The highest BCUT2D eigenvalue weighted by Gasteiger charge is 2.55. The van der Waals surface area contributed by atoms with Gasteiger partial charge in [-0.15, -0.1) is 11.3 Å². The van der Waals surface area contributed by atoms with E-state index in [1.165, 1.54) is 30.0 Å². The van der Waals surface area contributed by atoms with Crippen LogP contribution in [0.15, 0.2) is 30.0 Å². The Bertz CT molecular complexity index is 2710. The van der Waals surface area contributed by atoms with E-state index >= 15 is 4.79 Å². The molecule has 0 spiro atoms. The van der Waals surface area contributed by atoms with E-state index in [9.17, 15) is 47.9 Å². The van der Waals surface area contributed by atoms with Crippen LogP contribution in [0.25, 0.3) is 0 Å². The van der Waals surface area contributed by atoms with Gasteiger partial charge in [-0.05, 0) is 46.1 Å². The fraction of sp³-hybridized carbons (Fsp3) is 0.542. The minimum atomic E-state index is -1.74. The van der Waals surface area contributed by atoms with Crippen LogP contribution in [-0.2, 0) is 85.7 Å². The molecule has 2 fully saturated rings. The summed E-state index contributed by atoms with van der Waals surface area (Å²) in [4.78, 5) is 150. The van der Waals surface area contributed by atoms with Crippen molar-refractivity contribution in [2.45, 2.75) is 130 Å². The first-order chi connectivity index (χ1) is 36.2. The maximum absolute atomic E-state index is 15.0. The summed E-state index contributed by atoms with van der Waals surface area (Å²) in [6.07, 6.45) is -13.4. The second-order valence-electron chi connectivity index (χ2n) is 17.8. The van der Waals surface area contributed by atoms with Crippen molar-refractivity contribution in [3.63, 3.8) is 0 Å². The Kier molecular flexibility index (Phi) is 20.9. The number of hydrogen-bond acceptors (Lipinski definition) is 24. The molecule has 10 atom stereocenters. The van der Waals surface area contributed by atoms with Gasteiger partial charge in [-0.3, -0.25) is 52.7 Å². The summed E-state index contributed by atoms with van der Waals surface area (Å²) >= 11 is 1.02. The summed E-state index contributed by atoms with van der Waals surface area (Å²) in [6, 6.07) is 2.41. The van der Waals surface area contributed by atoms with Crippen molar-refractivity contribution < 1.29 is 100 Å². The SMILES string of the molecule is CC(=O)OC[C@H]1O[C@H](n2cc(NC(=O)c3cc(NC(=O)c4scnc4C)cn3[C@H]3O[C@H](COC(C)=O)[C@@H](OC(C)=O)[C@@H](OC(C)=O)[C@H]3OC(C)=O)cc2C(=O)NCCCN(C)C)[C@H](OC(C)=O)[C@H](OC(C)=O)[C@@H]1OC(C)=O. The second kappa shape index (κ2) is 26.8. The molecule has 0 bridgehead atoms. The summed E-state index contributed by atoms with van der Waals surface area (Å²) in [5, 5.41) is 8.17. The van der Waals surface area contributed by atoms with Gasteiger partial charge < -0.3 is 77.4 Å². The smallest absolute Gasteiger partial charge is 0.303 e. The molecule has 28 nitrogen and oxygen atoms in total. The highest BCUT2D eigenvalue weighted by atomic mass is 32.1. The van der Waals surface area contributed by atoms with Gasteiger partial charge in [0, 0.05) is 74.3 Å². The van der Waals surface area contributed by atoms with E-state index in [2.05, 4.69) is 20.9 Å². The number of carbonyl (C=O) groups is 11. The van der Waals surface area contributed by atoms with Gasteiger partial charge in [0.1, 0.15) is 41.7 Å². The summed E-state index contributed by atoms with van der Waals surface area (Å²) in [5.41, 5.74) is 0.960. The van der Waals surface area contributed by atoms with Gasteiger partial charge in [0.25, 0.3) is 17.7 Å². The molecule has 77 heavy (non-hydrogen) atoms. The molecule has 5 rings (SSSR count). The lowest BCUT2D eigenvalue weighted by atomic mass is 9.97. The molecule has 3 aromatic rings. The molecule has 0 saturated carbocycles. The fourth-order valence-corrected chi connectivity index (χ4v) is 9.03. The average molecular weight is 1100 g/mol. The Morgan fingerprint density at radius 1 is 0.558 bits per heavy atom. The molecule has 3 N–H and O–H groups in total. The zero-order chi connectivity index (χ0) is 57.0. The van der Waals surface area contributed by atoms with Crippen LogP contribution < -0.4 is 16.0 Å². The molecule has 0 radical (unpaired) electrons. The van der Waals surface area contributed by atoms with E-state index in [1.54, 1.807) is 6.92 Å². The zero-order valence-electron chi connectivity index (χ0n) is 44.0. The van der Waals surface area contributed by atoms with Crippen molar-refractivity contribution in [2.24, 2.45) is 0 Å². The molecule has 0 unspecified atom stereocenters. The normalized spacial score (nSPS) is 22.8. The third-order valence-electron chi connectivity index (χ3n) is 11.2. The number of carbonyl (C=O) groups excluding carboxylic acids is 11. The Morgan fingerprint density at radius 3 is 1.32 bits per heavy atom. The third-order valence-corrected chi connectivity index (χ3v) is 12.1. The molecule has 5 heterocycles. The summed E-state index contributed by atoms with van der Waals surface area (Å²) in [5.74, 6) is -9.55. The highest BCUT2D eigenvalue weighted by Crippen LogP contribution is 2.39. The molecule has 29 heteroatoms. The van der Waals surface area contributed by atoms with Crippen LogP contribution in [0.4, 0.5) is 11.4 Å². The fourth-order valence-electron chi connectivity index (χ4n) is 8.33. The van der Waals surface area contributed by atoms with Crippen molar-refractivity contribution in [3.05, 3.63) is 52.0 Å². The van der Waals surface area contributed by atoms with Crippen molar-refractivity contribution in [3.8, 4) is 0 Å². The van der Waals surface area contributed by atoms with Crippen LogP contribution in [0.2, 0.25) is 0 Å². The molecule has 2 aliphatic rings. The van der Waals surface area contributed by atoms with Gasteiger partial charge in [-0.25, -0.2) is 4.98 Å². The van der Waals surface area contributed by atoms with Crippen molar-refractivity contribution >= 4 is 88.2 Å². The van der Waals surface area contributed by atoms with Gasteiger partial charge in [-0.2, -0.15) is 0 Å². The Labute approximate surface area is 444 Å². The number of nitrogens with zero attached hydrogens (tertiary/aromatic N) is 4. The molecule has 3 amide bonds.